The standard InChI is InChI=1S/C22H19N3O4S/c1-14(26)15-10-12-18(13-11-15)23-22(27)17-8-6-16(7-9-17)21-24-19-4-2-3-5-20(19)30(28,29)25-21/h2-13,21,24-25H,1H3,(H,23,27)/t21-/m1/s1. The lowest BCUT2D eigenvalue weighted by Gasteiger charge is -2.28. The number of benzene rings is 3. The van der Waals surface area contributed by atoms with Gasteiger partial charge in [0.25, 0.3) is 5.91 Å². The number of para-hydroxylation sites is 1. The topological polar surface area (TPSA) is 104 Å². The van der Waals surface area contributed by atoms with Gasteiger partial charge >= 0.3 is 0 Å². The molecule has 1 amide bonds. The number of ketones is 1. The second-order valence-corrected chi connectivity index (χ2v) is 8.59. The van der Waals surface area contributed by atoms with Crippen LogP contribution >= 0.6 is 0 Å². The van der Waals surface area contributed by atoms with Crippen molar-refractivity contribution in [2.24, 2.45) is 0 Å². The smallest absolute Gasteiger partial charge is 0.255 e. The van der Waals surface area contributed by atoms with Gasteiger partial charge in [0.05, 0.1) is 5.69 Å². The highest BCUT2D eigenvalue weighted by Gasteiger charge is 2.29. The van der Waals surface area contributed by atoms with Crippen LogP contribution < -0.4 is 15.4 Å². The van der Waals surface area contributed by atoms with Crippen molar-refractivity contribution in [3.05, 3.63) is 89.5 Å². The molecule has 4 rings (SSSR count). The van der Waals surface area contributed by atoms with Gasteiger partial charge in [-0.05, 0) is 61.0 Å². The first-order chi connectivity index (χ1) is 14.3. The molecule has 3 N–H and O–H groups in total. The number of Topliss-reactive ketones (excluding diaryl/α,β-unsaturated/α-hetero) is 1. The Kier molecular flexibility index (Phi) is 5.11. The number of nitrogens with one attached hydrogen (secondary N) is 3. The SMILES string of the molecule is CC(=O)c1ccc(NC(=O)c2ccc([C@@H]3Nc4ccccc4S(=O)(=O)N3)cc2)cc1. The van der Waals surface area contributed by atoms with Gasteiger partial charge in [-0.15, -0.1) is 0 Å². The Balaban J connectivity index is 1.49. The van der Waals surface area contributed by atoms with Gasteiger partial charge in [0, 0.05) is 16.8 Å². The number of hydrogen-bond donors (Lipinski definition) is 3. The summed E-state index contributed by atoms with van der Waals surface area (Å²) in [4.78, 5) is 24.0. The summed E-state index contributed by atoms with van der Waals surface area (Å²) in [5.41, 5.74) is 2.77. The third kappa shape index (κ3) is 3.96. The normalized spacial score (nSPS) is 16.8. The molecule has 152 valence electrons. The number of carbonyl (C=O) groups excluding carboxylic acids is 2. The third-order valence-electron chi connectivity index (χ3n) is 4.80. The summed E-state index contributed by atoms with van der Waals surface area (Å²) >= 11 is 0. The number of rotatable bonds is 4. The van der Waals surface area contributed by atoms with Crippen molar-refractivity contribution in [1.82, 2.24) is 4.72 Å². The number of hydrogen-bond acceptors (Lipinski definition) is 5. The summed E-state index contributed by atoms with van der Waals surface area (Å²) in [5, 5.41) is 5.93. The molecule has 0 fully saturated rings. The van der Waals surface area contributed by atoms with Crippen molar-refractivity contribution in [1.29, 1.82) is 0 Å². The van der Waals surface area contributed by atoms with Crippen LogP contribution in [-0.4, -0.2) is 20.1 Å². The average molecular weight is 421 g/mol. The van der Waals surface area contributed by atoms with E-state index >= 15 is 0 Å². The third-order valence-corrected chi connectivity index (χ3v) is 6.29. The van der Waals surface area contributed by atoms with E-state index in [1.165, 1.54) is 13.0 Å². The van der Waals surface area contributed by atoms with Crippen LogP contribution in [-0.2, 0) is 10.0 Å². The predicted molar refractivity (Wildman–Crippen MR) is 114 cm³/mol. The minimum atomic E-state index is -3.63. The van der Waals surface area contributed by atoms with E-state index in [-0.39, 0.29) is 16.6 Å². The number of carbonyl (C=O) groups is 2. The lowest BCUT2D eigenvalue weighted by atomic mass is 10.1. The molecule has 7 nitrogen and oxygen atoms in total. The summed E-state index contributed by atoms with van der Waals surface area (Å²) in [7, 11) is -3.63. The van der Waals surface area contributed by atoms with Gasteiger partial charge in [0.15, 0.2) is 5.78 Å². The zero-order valence-electron chi connectivity index (χ0n) is 16.0. The highest BCUT2D eigenvalue weighted by molar-refractivity contribution is 7.89. The molecule has 0 unspecified atom stereocenters. The van der Waals surface area contributed by atoms with Crippen molar-refractivity contribution >= 4 is 33.1 Å². The van der Waals surface area contributed by atoms with Crippen LogP contribution in [0.4, 0.5) is 11.4 Å². The summed E-state index contributed by atoms with van der Waals surface area (Å²) < 4.78 is 27.5. The second-order valence-electron chi connectivity index (χ2n) is 6.90. The fourth-order valence-corrected chi connectivity index (χ4v) is 4.50. The van der Waals surface area contributed by atoms with Gasteiger partial charge in [-0.1, -0.05) is 24.3 Å². The van der Waals surface area contributed by atoms with E-state index in [4.69, 9.17) is 0 Å². The van der Waals surface area contributed by atoms with Gasteiger partial charge in [0.1, 0.15) is 11.1 Å². The van der Waals surface area contributed by atoms with E-state index in [9.17, 15) is 18.0 Å². The van der Waals surface area contributed by atoms with E-state index in [2.05, 4.69) is 15.4 Å². The molecule has 0 aliphatic carbocycles. The van der Waals surface area contributed by atoms with Crippen LogP contribution in [0.15, 0.2) is 77.7 Å². The number of amides is 1. The molecule has 1 aliphatic rings. The Morgan fingerprint density at radius 2 is 1.50 bits per heavy atom. The highest BCUT2D eigenvalue weighted by atomic mass is 32.2. The summed E-state index contributed by atoms with van der Waals surface area (Å²) in [6.45, 7) is 1.48. The molecular weight excluding hydrogens is 402 g/mol. The summed E-state index contributed by atoms with van der Waals surface area (Å²) in [5.74, 6) is -0.349. The lowest BCUT2D eigenvalue weighted by molar-refractivity contribution is 0.101. The highest BCUT2D eigenvalue weighted by Crippen LogP contribution is 2.30. The molecule has 1 aliphatic heterocycles. The van der Waals surface area contributed by atoms with Crippen molar-refractivity contribution in [2.75, 3.05) is 10.6 Å². The van der Waals surface area contributed by atoms with Crippen molar-refractivity contribution in [3.8, 4) is 0 Å². The maximum Gasteiger partial charge on any atom is 0.255 e. The zero-order chi connectivity index (χ0) is 21.3. The molecule has 8 heteroatoms. The molecule has 0 spiro atoms. The maximum absolute atomic E-state index is 12.5. The molecule has 0 saturated heterocycles. The largest absolute Gasteiger partial charge is 0.364 e. The Bertz CT molecular complexity index is 1220. The Morgan fingerprint density at radius 1 is 0.867 bits per heavy atom. The van der Waals surface area contributed by atoms with Crippen LogP contribution in [0.1, 0.15) is 39.4 Å². The Hall–Kier alpha value is -3.49. The molecule has 1 heterocycles. The molecule has 1 atom stereocenters. The van der Waals surface area contributed by atoms with Gasteiger partial charge < -0.3 is 10.6 Å². The molecule has 3 aromatic carbocycles. The molecule has 0 saturated carbocycles. The maximum atomic E-state index is 12.5. The summed E-state index contributed by atoms with van der Waals surface area (Å²) in [6, 6.07) is 20.0. The van der Waals surface area contributed by atoms with E-state index in [1.807, 2.05) is 0 Å². The summed E-state index contributed by atoms with van der Waals surface area (Å²) in [6.07, 6.45) is -0.638. The number of anilines is 2. The van der Waals surface area contributed by atoms with Crippen LogP contribution in [0, 0.1) is 0 Å². The average Bonchev–Trinajstić information content (AvgIpc) is 2.74. The van der Waals surface area contributed by atoms with Crippen LogP contribution in [0.25, 0.3) is 0 Å². The van der Waals surface area contributed by atoms with E-state index < -0.39 is 16.2 Å². The monoisotopic (exact) mass is 421 g/mol. The van der Waals surface area contributed by atoms with Crippen molar-refractivity contribution in [2.45, 2.75) is 18.0 Å². The van der Waals surface area contributed by atoms with Crippen molar-refractivity contribution in [3.63, 3.8) is 0 Å². The van der Waals surface area contributed by atoms with Crippen LogP contribution in [0.5, 0.6) is 0 Å². The molecule has 3 aromatic rings. The molecule has 0 radical (unpaired) electrons. The first kappa shape index (κ1) is 19.8. The first-order valence-corrected chi connectivity index (χ1v) is 10.7. The fourth-order valence-electron chi connectivity index (χ4n) is 3.19. The lowest BCUT2D eigenvalue weighted by Crippen LogP contribution is -2.38. The van der Waals surface area contributed by atoms with E-state index in [0.717, 1.165) is 0 Å². The number of fused-ring (bicyclic) bond motifs is 1. The fraction of sp³-hybridized carbons (Fsp3) is 0.0909. The molecule has 0 bridgehead atoms. The van der Waals surface area contributed by atoms with Crippen molar-refractivity contribution < 1.29 is 18.0 Å². The number of sulfonamides is 1. The molecule has 0 aromatic heterocycles. The molecular formula is C22H19N3O4S. The Morgan fingerprint density at radius 3 is 2.17 bits per heavy atom. The van der Waals surface area contributed by atoms with Gasteiger partial charge in [-0.25, -0.2) is 8.42 Å². The van der Waals surface area contributed by atoms with Crippen LogP contribution in [0.3, 0.4) is 0 Å². The van der Waals surface area contributed by atoms with Gasteiger partial charge in [-0.3, -0.25) is 9.59 Å². The predicted octanol–water partition coefficient (Wildman–Crippen LogP) is 3.54. The van der Waals surface area contributed by atoms with E-state index in [0.29, 0.717) is 28.1 Å². The zero-order valence-corrected chi connectivity index (χ0v) is 16.9. The minimum Gasteiger partial charge on any atom is -0.364 e. The first-order valence-electron chi connectivity index (χ1n) is 9.24. The van der Waals surface area contributed by atoms with Crippen LogP contribution in [0.2, 0.25) is 0 Å². The molecule has 30 heavy (non-hydrogen) atoms. The van der Waals surface area contributed by atoms with Gasteiger partial charge in [0.2, 0.25) is 10.0 Å². The van der Waals surface area contributed by atoms with Gasteiger partial charge in [-0.2, -0.15) is 4.72 Å². The quantitative estimate of drug-likeness (QED) is 0.559. The second kappa shape index (κ2) is 7.74. The minimum absolute atomic E-state index is 0.0435. The Labute approximate surface area is 174 Å². The van der Waals surface area contributed by atoms with E-state index in [1.54, 1.807) is 66.7 Å².